The van der Waals surface area contributed by atoms with Crippen LogP contribution in [0.2, 0.25) is 0 Å². The number of ether oxygens (including phenoxy) is 1. The molecule has 0 aliphatic rings. The van der Waals surface area contributed by atoms with E-state index in [0.29, 0.717) is 6.54 Å². The molecule has 0 radical (unpaired) electrons. The summed E-state index contributed by atoms with van der Waals surface area (Å²) in [7, 11) is 0. The topological polar surface area (TPSA) is 41.5 Å². The number of fused-ring (bicyclic) bond motifs is 1. The van der Waals surface area contributed by atoms with E-state index in [2.05, 4.69) is 5.32 Å². The second-order valence-electron chi connectivity index (χ2n) is 4.91. The highest BCUT2D eigenvalue weighted by Crippen LogP contribution is 2.25. The zero-order chi connectivity index (χ0) is 14.4. The minimum absolute atomic E-state index is 0.181. The fraction of sp³-hybridized carbons (Fsp3) is 0.375. The van der Waals surface area contributed by atoms with Gasteiger partial charge in [0.1, 0.15) is 25.1 Å². The first-order chi connectivity index (χ1) is 9.70. The predicted molar refractivity (Wildman–Crippen MR) is 78.9 cm³/mol. The Morgan fingerprint density at radius 2 is 1.95 bits per heavy atom. The van der Waals surface area contributed by atoms with E-state index >= 15 is 0 Å². The number of aliphatic hydroxyl groups is 1. The van der Waals surface area contributed by atoms with E-state index in [1.165, 1.54) is 0 Å². The fourth-order valence-corrected chi connectivity index (χ4v) is 1.96. The first kappa shape index (κ1) is 14.8. The lowest BCUT2D eigenvalue weighted by molar-refractivity contribution is 0.104. The first-order valence-electron chi connectivity index (χ1n) is 6.78. The monoisotopic (exact) mass is 277 g/mol. The fourth-order valence-electron chi connectivity index (χ4n) is 1.96. The van der Waals surface area contributed by atoms with Crippen LogP contribution in [0.4, 0.5) is 4.39 Å². The van der Waals surface area contributed by atoms with Crippen LogP contribution in [-0.2, 0) is 0 Å². The lowest BCUT2D eigenvalue weighted by atomic mass is 10.1. The van der Waals surface area contributed by atoms with Gasteiger partial charge in [-0.15, -0.1) is 0 Å². The molecular formula is C16H20FNO2. The van der Waals surface area contributed by atoms with Crippen LogP contribution in [0.3, 0.4) is 0 Å². The van der Waals surface area contributed by atoms with Crippen LogP contribution in [0.15, 0.2) is 42.5 Å². The molecule has 3 nitrogen and oxygen atoms in total. The Morgan fingerprint density at radius 1 is 1.20 bits per heavy atom. The number of benzene rings is 2. The van der Waals surface area contributed by atoms with Gasteiger partial charge in [-0.1, -0.05) is 36.4 Å². The van der Waals surface area contributed by atoms with E-state index in [-0.39, 0.29) is 12.6 Å². The Balaban J connectivity index is 1.92. The summed E-state index contributed by atoms with van der Waals surface area (Å²) in [6, 6.07) is 13.5. The Morgan fingerprint density at radius 3 is 2.75 bits per heavy atom. The smallest absolute Gasteiger partial charge is 0.127 e. The van der Waals surface area contributed by atoms with E-state index < -0.39 is 12.8 Å². The maximum absolute atomic E-state index is 12.3. The van der Waals surface area contributed by atoms with Gasteiger partial charge in [0.25, 0.3) is 0 Å². The van der Waals surface area contributed by atoms with E-state index in [9.17, 15) is 9.50 Å². The summed E-state index contributed by atoms with van der Waals surface area (Å²) < 4.78 is 18.0. The lowest BCUT2D eigenvalue weighted by Gasteiger charge is -2.16. The molecular weight excluding hydrogens is 257 g/mol. The highest BCUT2D eigenvalue weighted by Gasteiger charge is 2.09. The largest absolute Gasteiger partial charge is 0.490 e. The molecule has 0 spiro atoms. The average molecular weight is 277 g/mol. The summed E-state index contributed by atoms with van der Waals surface area (Å²) in [6.07, 6.45) is -0.664. The molecule has 0 aliphatic carbocycles. The first-order valence-corrected chi connectivity index (χ1v) is 6.78. The third kappa shape index (κ3) is 3.92. The molecule has 4 heteroatoms. The SMILES string of the molecule is CC(CF)NCC(O)COc1cccc2ccccc12. The molecule has 20 heavy (non-hydrogen) atoms. The van der Waals surface area contributed by atoms with E-state index in [4.69, 9.17) is 4.74 Å². The summed E-state index contributed by atoms with van der Waals surface area (Å²) in [4.78, 5) is 0. The zero-order valence-electron chi connectivity index (χ0n) is 11.6. The van der Waals surface area contributed by atoms with Crippen LogP contribution in [-0.4, -0.2) is 37.1 Å². The van der Waals surface area contributed by atoms with E-state index in [1.54, 1.807) is 6.92 Å². The maximum Gasteiger partial charge on any atom is 0.127 e. The van der Waals surface area contributed by atoms with E-state index in [0.717, 1.165) is 16.5 Å². The molecule has 2 N–H and O–H groups in total. The predicted octanol–water partition coefficient (Wildman–Crippen LogP) is 2.53. The number of halogens is 1. The molecule has 2 unspecified atom stereocenters. The maximum atomic E-state index is 12.3. The minimum atomic E-state index is -0.664. The van der Waals surface area contributed by atoms with Crippen molar-refractivity contribution in [3.05, 3.63) is 42.5 Å². The molecule has 0 aromatic heterocycles. The normalized spacial score (nSPS) is 14.2. The lowest BCUT2D eigenvalue weighted by Crippen LogP contribution is -2.37. The molecule has 0 heterocycles. The van der Waals surface area contributed by atoms with Crippen LogP contribution in [0.5, 0.6) is 5.75 Å². The van der Waals surface area contributed by atoms with Crippen LogP contribution in [0.1, 0.15) is 6.92 Å². The van der Waals surface area contributed by atoms with Gasteiger partial charge in [0.05, 0.1) is 0 Å². The molecule has 108 valence electrons. The molecule has 0 fully saturated rings. The van der Waals surface area contributed by atoms with Crippen molar-refractivity contribution in [3.63, 3.8) is 0 Å². The van der Waals surface area contributed by atoms with Gasteiger partial charge in [0.15, 0.2) is 0 Å². The number of rotatable bonds is 7. The molecule has 0 aliphatic heterocycles. The van der Waals surface area contributed by atoms with Crippen molar-refractivity contribution in [3.8, 4) is 5.75 Å². The van der Waals surface area contributed by atoms with Gasteiger partial charge < -0.3 is 15.2 Å². The number of aliphatic hydroxyl groups excluding tert-OH is 1. The summed E-state index contributed by atoms with van der Waals surface area (Å²) in [5.74, 6) is 0.751. The zero-order valence-corrected chi connectivity index (χ0v) is 11.6. The Bertz CT molecular complexity index is 541. The minimum Gasteiger partial charge on any atom is -0.490 e. The van der Waals surface area contributed by atoms with Crippen LogP contribution < -0.4 is 10.1 Å². The van der Waals surface area contributed by atoms with Crippen molar-refractivity contribution in [2.75, 3.05) is 19.8 Å². The summed E-state index contributed by atoms with van der Waals surface area (Å²) in [6.45, 7) is 1.78. The molecule has 2 rings (SSSR count). The van der Waals surface area contributed by atoms with Crippen LogP contribution in [0, 0.1) is 0 Å². The summed E-state index contributed by atoms with van der Waals surface area (Å²) in [5.41, 5.74) is 0. The van der Waals surface area contributed by atoms with Crippen molar-refractivity contribution >= 4 is 10.8 Å². The Kier molecular flexibility index (Phi) is 5.32. The Labute approximate surface area is 118 Å². The molecule has 0 bridgehead atoms. The van der Waals surface area contributed by atoms with Crippen molar-refractivity contribution in [2.45, 2.75) is 19.1 Å². The van der Waals surface area contributed by atoms with Gasteiger partial charge in [0, 0.05) is 18.0 Å². The Hall–Kier alpha value is -1.65. The van der Waals surface area contributed by atoms with E-state index in [1.807, 2.05) is 42.5 Å². The van der Waals surface area contributed by atoms with Crippen molar-refractivity contribution in [2.24, 2.45) is 0 Å². The van der Waals surface area contributed by atoms with Gasteiger partial charge in [0.2, 0.25) is 0 Å². The summed E-state index contributed by atoms with van der Waals surface area (Å²) >= 11 is 0. The van der Waals surface area contributed by atoms with Gasteiger partial charge in [-0.25, -0.2) is 4.39 Å². The number of alkyl halides is 1. The molecule has 2 atom stereocenters. The van der Waals surface area contributed by atoms with Gasteiger partial charge in [-0.3, -0.25) is 0 Å². The van der Waals surface area contributed by atoms with Crippen molar-refractivity contribution < 1.29 is 14.2 Å². The molecule has 0 saturated heterocycles. The van der Waals surface area contributed by atoms with Crippen LogP contribution in [0.25, 0.3) is 10.8 Å². The average Bonchev–Trinajstić information content (AvgIpc) is 2.50. The third-order valence-electron chi connectivity index (χ3n) is 3.11. The standard InChI is InChI=1S/C16H20FNO2/c1-12(9-17)18-10-14(19)11-20-16-8-4-6-13-5-2-3-7-15(13)16/h2-8,12,14,18-19H,9-11H2,1H3. The second kappa shape index (κ2) is 7.22. The number of hydrogen-bond acceptors (Lipinski definition) is 3. The highest BCUT2D eigenvalue weighted by atomic mass is 19.1. The van der Waals surface area contributed by atoms with Gasteiger partial charge >= 0.3 is 0 Å². The number of nitrogens with one attached hydrogen (secondary N) is 1. The van der Waals surface area contributed by atoms with Gasteiger partial charge in [-0.2, -0.15) is 0 Å². The van der Waals surface area contributed by atoms with Crippen molar-refractivity contribution in [1.29, 1.82) is 0 Å². The van der Waals surface area contributed by atoms with Crippen LogP contribution >= 0.6 is 0 Å². The third-order valence-corrected chi connectivity index (χ3v) is 3.11. The second-order valence-corrected chi connectivity index (χ2v) is 4.91. The highest BCUT2D eigenvalue weighted by molar-refractivity contribution is 5.88. The molecule has 0 saturated carbocycles. The summed E-state index contributed by atoms with van der Waals surface area (Å²) in [5, 5.41) is 14.8. The quantitative estimate of drug-likeness (QED) is 0.817. The molecule has 2 aromatic rings. The van der Waals surface area contributed by atoms with Crippen molar-refractivity contribution in [1.82, 2.24) is 5.32 Å². The molecule has 2 aromatic carbocycles. The number of hydrogen-bond donors (Lipinski definition) is 2. The molecule has 0 amide bonds. The van der Waals surface area contributed by atoms with Gasteiger partial charge in [-0.05, 0) is 18.4 Å².